The summed E-state index contributed by atoms with van der Waals surface area (Å²) in [7, 11) is 1.90. The van der Waals surface area contributed by atoms with Crippen LogP contribution in [0.4, 0.5) is 0 Å². The Balaban J connectivity index is 2.32. The van der Waals surface area contributed by atoms with Crippen LogP contribution in [0, 0.1) is 0 Å². The van der Waals surface area contributed by atoms with Crippen molar-refractivity contribution in [3.05, 3.63) is 23.8 Å². The summed E-state index contributed by atoms with van der Waals surface area (Å²) in [4.78, 5) is 0. The molecule has 1 N–H and O–H groups in total. The van der Waals surface area contributed by atoms with Crippen molar-refractivity contribution >= 4 is 11.0 Å². The van der Waals surface area contributed by atoms with Gasteiger partial charge in [0, 0.05) is 13.6 Å². The molecule has 0 saturated heterocycles. The van der Waals surface area contributed by atoms with Crippen LogP contribution in [0.5, 0.6) is 0 Å². The lowest BCUT2D eigenvalue weighted by Crippen LogP contribution is -2.11. The molecule has 0 bridgehead atoms. The number of hydrogen-bond acceptors (Lipinski definition) is 3. The molecule has 1 aromatic heterocycles. The summed E-state index contributed by atoms with van der Waals surface area (Å²) in [5.74, 6) is 0. The first-order chi connectivity index (χ1) is 6.81. The summed E-state index contributed by atoms with van der Waals surface area (Å²) in [6, 6.07) is 6.24. The van der Waals surface area contributed by atoms with Gasteiger partial charge in [-0.25, -0.2) is 4.68 Å². The van der Waals surface area contributed by atoms with Crippen LogP contribution in [0.3, 0.4) is 0 Å². The molecule has 0 unspecified atom stereocenters. The van der Waals surface area contributed by atoms with Gasteiger partial charge < -0.3 is 5.32 Å². The van der Waals surface area contributed by atoms with E-state index in [1.807, 2.05) is 7.05 Å². The predicted molar refractivity (Wildman–Crippen MR) is 55.9 cm³/mol. The van der Waals surface area contributed by atoms with E-state index in [0.717, 1.165) is 24.1 Å². The van der Waals surface area contributed by atoms with Gasteiger partial charge in [-0.1, -0.05) is 18.2 Å². The lowest BCUT2D eigenvalue weighted by atomic mass is 10.2. The molecular formula is C10H14N4. The fourth-order valence-electron chi connectivity index (χ4n) is 1.47. The minimum atomic E-state index is 0.892. The second-order valence-corrected chi connectivity index (χ2v) is 3.32. The quantitative estimate of drug-likeness (QED) is 0.787. The molecule has 0 aliphatic heterocycles. The minimum Gasteiger partial charge on any atom is -0.313 e. The lowest BCUT2D eigenvalue weighted by molar-refractivity contribution is 0.727. The van der Waals surface area contributed by atoms with Gasteiger partial charge >= 0.3 is 0 Å². The first kappa shape index (κ1) is 9.15. The van der Waals surface area contributed by atoms with E-state index in [1.165, 1.54) is 5.56 Å². The summed E-state index contributed by atoms with van der Waals surface area (Å²) >= 11 is 0. The zero-order valence-corrected chi connectivity index (χ0v) is 8.49. The Kier molecular flexibility index (Phi) is 2.45. The van der Waals surface area contributed by atoms with Crippen LogP contribution < -0.4 is 5.32 Å². The number of aromatic nitrogens is 3. The van der Waals surface area contributed by atoms with Gasteiger partial charge in [0.15, 0.2) is 0 Å². The summed E-state index contributed by atoms with van der Waals surface area (Å²) in [5.41, 5.74) is 3.29. The Bertz CT molecular complexity index is 433. The lowest BCUT2D eigenvalue weighted by Gasteiger charge is -2.01. The van der Waals surface area contributed by atoms with Crippen LogP contribution >= 0.6 is 0 Å². The average Bonchev–Trinajstić information content (AvgIpc) is 2.57. The molecule has 1 aromatic carbocycles. The van der Waals surface area contributed by atoms with Gasteiger partial charge in [-0.15, -0.1) is 5.10 Å². The molecule has 0 spiro atoms. The zero-order chi connectivity index (χ0) is 9.97. The molecule has 0 atom stereocenters. The van der Waals surface area contributed by atoms with Gasteiger partial charge in [0.2, 0.25) is 0 Å². The molecule has 0 fully saturated rings. The third kappa shape index (κ3) is 1.61. The predicted octanol–water partition coefficient (Wildman–Crippen LogP) is 1.08. The fourth-order valence-corrected chi connectivity index (χ4v) is 1.47. The monoisotopic (exact) mass is 190 g/mol. The Morgan fingerprint density at radius 1 is 1.43 bits per heavy atom. The van der Waals surface area contributed by atoms with E-state index < -0.39 is 0 Å². The maximum Gasteiger partial charge on any atom is 0.113 e. The standard InChI is InChI=1S/C10H14N4/c1-3-11-7-8-4-5-10-9(6-8)12-13-14(10)2/h4-6,11H,3,7H2,1-2H3. The van der Waals surface area contributed by atoms with Gasteiger partial charge in [-0.2, -0.15) is 0 Å². The molecule has 0 aliphatic carbocycles. The van der Waals surface area contributed by atoms with Crippen molar-refractivity contribution in [3.63, 3.8) is 0 Å². The Morgan fingerprint density at radius 2 is 2.29 bits per heavy atom. The number of benzene rings is 1. The van der Waals surface area contributed by atoms with E-state index >= 15 is 0 Å². The maximum atomic E-state index is 4.07. The van der Waals surface area contributed by atoms with Gasteiger partial charge in [0.1, 0.15) is 5.52 Å². The number of rotatable bonds is 3. The summed E-state index contributed by atoms with van der Waals surface area (Å²) in [6.07, 6.45) is 0. The number of hydrogen-bond donors (Lipinski definition) is 1. The van der Waals surface area contributed by atoms with Crippen molar-refractivity contribution < 1.29 is 0 Å². The van der Waals surface area contributed by atoms with Crippen molar-refractivity contribution in [3.8, 4) is 0 Å². The van der Waals surface area contributed by atoms with Gasteiger partial charge in [-0.3, -0.25) is 0 Å². The van der Waals surface area contributed by atoms with Crippen molar-refractivity contribution in [2.75, 3.05) is 6.54 Å². The normalized spacial score (nSPS) is 11.0. The van der Waals surface area contributed by atoms with Gasteiger partial charge in [0.25, 0.3) is 0 Å². The highest BCUT2D eigenvalue weighted by molar-refractivity contribution is 5.74. The highest BCUT2D eigenvalue weighted by Gasteiger charge is 2.01. The molecule has 0 saturated carbocycles. The van der Waals surface area contributed by atoms with E-state index in [0.29, 0.717) is 0 Å². The van der Waals surface area contributed by atoms with Crippen molar-refractivity contribution in [1.29, 1.82) is 0 Å². The maximum absolute atomic E-state index is 4.07. The summed E-state index contributed by atoms with van der Waals surface area (Å²) < 4.78 is 1.78. The van der Waals surface area contributed by atoms with E-state index in [4.69, 9.17) is 0 Å². The number of nitrogens with zero attached hydrogens (tertiary/aromatic N) is 3. The van der Waals surface area contributed by atoms with Crippen molar-refractivity contribution in [1.82, 2.24) is 20.3 Å². The molecule has 1 heterocycles. The number of fused-ring (bicyclic) bond motifs is 1. The molecule has 74 valence electrons. The van der Waals surface area contributed by atoms with E-state index in [2.05, 4.69) is 40.8 Å². The third-order valence-corrected chi connectivity index (χ3v) is 2.25. The first-order valence-corrected chi connectivity index (χ1v) is 4.80. The molecule has 2 aromatic rings. The SMILES string of the molecule is CCNCc1ccc2c(c1)nnn2C. The molecule has 4 nitrogen and oxygen atoms in total. The van der Waals surface area contributed by atoms with Gasteiger partial charge in [-0.05, 0) is 24.2 Å². The van der Waals surface area contributed by atoms with Gasteiger partial charge in [0.05, 0.1) is 5.52 Å². The molecule has 0 amide bonds. The van der Waals surface area contributed by atoms with Crippen LogP contribution in [0.25, 0.3) is 11.0 Å². The van der Waals surface area contributed by atoms with Crippen LogP contribution in [0.15, 0.2) is 18.2 Å². The summed E-state index contributed by atoms with van der Waals surface area (Å²) in [6.45, 7) is 3.97. The third-order valence-electron chi connectivity index (χ3n) is 2.25. The molecule has 0 aliphatic rings. The van der Waals surface area contributed by atoms with Crippen molar-refractivity contribution in [2.45, 2.75) is 13.5 Å². The highest BCUT2D eigenvalue weighted by Crippen LogP contribution is 2.11. The van der Waals surface area contributed by atoms with Crippen LogP contribution in [-0.4, -0.2) is 21.5 Å². The topological polar surface area (TPSA) is 42.7 Å². The minimum absolute atomic E-state index is 0.892. The fraction of sp³-hybridized carbons (Fsp3) is 0.400. The Hall–Kier alpha value is -1.42. The summed E-state index contributed by atoms with van der Waals surface area (Å²) in [5, 5.41) is 11.3. The van der Waals surface area contributed by atoms with Crippen molar-refractivity contribution in [2.24, 2.45) is 7.05 Å². The molecular weight excluding hydrogens is 176 g/mol. The molecule has 4 heteroatoms. The van der Waals surface area contributed by atoms with E-state index in [1.54, 1.807) is 4.68 Å². The second kappa shape index (κ2) is 3.75. The Morgan fingerprint density at radius 3 is 3.07 bits per heavy atom. The first-order valence-electron chi connectivity index (χ1n) is 4.80. The molecule has 14 heavy (non-hydrogen) atoms. The smallest absolute Gasteiger partial charge is 0.113 e. The molecule has 2 rings (SSSR count). The second-order valence-electron chi connectivity index (χ2n) is 3.32. The van der Waals surface area contributed by atoms with E-state index in [-0.39, 0.29) is 0 Å². The largest absolute Gasteiger partial charge is 0.313 e. The average molecular weight is 190 g/mol. The van der Waals surface area contributed by atoms with Crippen LogP contribution in [-0.2, 0) is 13.6 Å². The number of nitrogens with one attached hydrogen (secondary N) is 1. The van der Waals surface area contributed by atoms with E-state index in [9.17, 15) is 0 Å². The molecule has 0 radical (unpaired) electrons. The van der Waals surface area contributed by atoms with Crippen LogP contribution in [0.1, 0.15) is 12.5 Å². The Labute approximate surface area is 82.9 Å². The van der Waals surface area contributed by atoms with Crippen LogP contribution in [0.2, 0.25) is 0 Å². The zero-order valence-electron chi connectivity index (χ0n) is 8.49. The number of aryl methyl sites for hydroxylation is 1. The highest BCUT2D eigenvalue weighted by atomic mass is 15.4.